The van der Waals surface area contributed by atoms with Crippen LogP contribution in [0.25, 0.3) is 0 Å². The van der Waals surface area contributed by atoms with Crippen LogP contribution < -0.4 is 5.73 Å². The molecule has 2 fully saturated rings. The van der Waals surface area contributed by atoms with Crippen molar-refractivity contribution in [3.05, 3.63) is 16.6 Å². The largest absolute Gasteiger partial charge is 0.381 e. The Kier molecular flexibility index (Phi) is 5.24. The van der Waals surface area contributed by atoms with Crippen molar-refractivity contribution in [2.24, 2.45) is 11.7 Å². The van der Waals surface area contributed by atoms with Gasteiger partial charge in [0.2, 0.25) is 5.91 Å². The third kappa shape index (κ3) is 3.88. The van der Waals surface area contributed by atoms with Crippen molar-refractivity contribution in [2.45, 2.75) is 18.9 Å². The van der Waals surface area contributed by atoms with Crippen molar-refractivity contribution in [1.29, 1.82) is 0 Å². The first-order chi connectivity index (χ1) is 11.1. The van der Waals surface area contributed by atoms with Gasteiger partial charge in [-0.2, -0.15) is 0 Å². The molecule has 0 aromatic carbocycles. The molecule has 3 rings (SSSR count). The Labute approximate surface area is 139 Å². The van der Waals surface area contributed by atoms with Gasteiger partial charge in [0.15, 0.2) is 0 Å². The Morgan fingerprint density at radius 3 is 2.70 bits per heavy atom. The van der Waals surface area contributed by atoms with Crippen LogP contribution in [-0.4, -0.2) is 72.0 Å². The zero-order chi connectivity index (χ0) is 16.2. The summed E-state index contributed by atoms with van der Waals surface area (Å²) in [6, 6.07) is 0.403. The second-order valence-electron chi connectivity index (χ2n) is 6.06. The zero-order valence-electron chi connectivity index (χ0n) is 13.0. The molecule has 8 heteroatoms. The number of primary amides is 1. The molecule has 1 unspecified atom stereocenters. The molecule has 1 aromatic rings. The maximum Gasteiger partial charge on any atom is 0.273 e. The van der Waals surface area contributed by atoms with E-state index in [1.807, 2.05) is 0 Å². The van der Waals surface area contributed by atoms with Gasteiger partial charge in [0.05, 0.1) is 11.4 Å². The standard InChI is InChI=1S/C15H22N4O3S/c16-14(20)11-7-18(12-1-5-22-6-2-12)3-4-19(8-11)15(21)13-9-23-10-17-13/h9-12H,1-8H2,(H2,16,20). The van der Waals surface area contributed by atoms with Crippen LogP contribution in [0, 0.1) is 5.92 Å². The maximum absolute atomic E-state index is 12.5. The van der Waals surface area contributed by atoms with Crippen molar-refractivity contribution in [2.75, 3.05) is 39.4 Å². The normalized spacial score (nSPS) is 24.3. The summed E-state index contributed by atoms with van der Waals surface area (Å²) in [5.74, 6) is -0.811. The van der Waals surface area contributed by atoms with E-state index in [0.29, 0.717) is 31.4 Å². The third-order valence-electron chi connectivity index (χ3n) is 4.60. The van der Waals surface area contributed by atoms with Gasteiger partial charge in [0.25, 0.3) is 5.91 Å². The predicted octanol–water partition coefficient (Wildman–Crippen LogP) is 0.181. The van der Waals surface area contributed by atoms with Gasteiger partial charge >= 0.3 is 0 Å². The fourth-order valence-corrected chi connectivity index (χ4v) is 3.79. The summed E-state index contributed by atoms with van der Waals surface area (Å²) < 4.78 is 5.41. The molecule has 0 spiro atoms. The van der Waals surface area contributed by atoms with Gasteiger partial charge in [-0.05, 0) is 12.8 Å². The lowest BCUT2D eigenvalue weighted by Crippen LogP contribution is -2.44. The molecule has 2 amide bonds. The Morgan fingerprint density at radius 2 is 2.04 bits per heavy atom. The van der Waals surface area contributed by atoms with Crippen LogP contribution in [0.5, 0.6) is 0 Å². The average molecular weight is 338 g/mol. The van der Waals surface area contributed by atoms with Crippen molar-refractivity contribution >= 4 is 23.2 Å². The summed E-state index contributed by atoms with van der Waals surface area (Å²) in [4.78, 5) is 32.4. The fourth-order valence-electron chi connectivity index (χ4n) is 3.27. The van der Waals surface area contributed by atoms with Crippen LogP contribution in [0.3, 0.4) is 0 Å². The van der Waals surface area contributed by atoms with Crippen molar-refractivity contribution in [1.82, 2.24) is 14.8 Å². The van der Waals surface area contributed by atoms with Crippen LogP contribution in [0.2, 0.25) is 0 Å². The lowest BCUT2D eigenvalue weighted by atomic mass is 10.0. The van der Waals surface area contributed by atoms with Crippen LogP contribution >= 0.6 is 11.3 Å². The minimum atomic E-state index is -0.347. The number of hydrogen-bond acceptors (Lipinski definition) is 6. The molecule has 0 bridgehead atoms. The molecule has 126 valence electrons. The SMILES string of the molecule is NC(=O)C1CN(C(=O)c2cscn2)CCN(C2CCOCC2)C1. The van der Waals surface area contributed by atoms with E-state index in [9.17, 15) is 9.59 Å². The van der Waals surface area contributed by atoms with Crippen LogP contribution in [-0.2, 0) is 9.53 Å². The molecule has 2 aliphatic heterocycles. The fraction of sp³-hybridized carbons (Fsp3) is 0.667. The second-order valence-corrected chi connectivity index (χ2v) is 6.78. The summed E-state index contributed by atoms with van der Waals surface area (Å²) in [6.45, 7) is 3.84. The number of thiazole rings is 1. The minimum Gasteiger partial charge on any atom is -0.381 e. The zero-order valence-corrected chi connectivity index (χ0v) is 13.8. The van der Waals surface area contributed by atoms with E-state index in [1.165, 1.54) is 11.3 Å². The van der Waals surface area contributed by atoms with Crippen molar-refractivity contribution in [3.8, 4) is 0 Å². The van der Waals surface area contributed by atoms with E-state index in [1.54, 1.807) is 15.8 Å². The number of nitrogens with zero attached hydrogens (tertiary/aromatic N) is 3. The van der Waals surface area contributed by atoms with Gasteiger partial charge in [-0.3, -0.25) is 14.5 Å². The molecule has 1 atom stereocenters. The molecular formula is C15H22N4O3S. The van der Waals surface area contributed by atoms with E-state index in [0.717, 1.165) is 32.6 Å². The summed E-state index contributed by atoms with van der Waals surface area (Å²) in [6.07, 6.45) is 1.93. The number of aromatic nitrogens is 1. The number of ether oxygens (including phenoxy) is 1. The average Bonchev–Trinajstić information content (AvgIpc) is 3.00. The minimum absolute atomic E-state index is 0.119. The summed E-state index contributed by atoms with van der Waals surface area (Å²) in [5.41, 5.74) is 7.65. The first-order valence-electron chi connectivity index (χ1n) is 7.93. The van der Waals surface area contributed by atoms with Gasteiger partial charge in [-0.1, -0.05) is 0 Å². The topological polar surface area (TPSA) is 88.8 Å². The summed E-state index contributed by atoms with van der Waals surface area (Å²) in [7, 11) is 0. The lowest BCUT2D eigenvalue weighted by molar-refractivity contribution is -0.122. The second kappa shape index (κ2) is 7.37. The smallest absolute Gasteiger partial charge is 0.273 e. The van der Waals surface area contributed by atoms with Gasteiger partial charge in [-0.25, -0.2) is 4.98 Å². The van der Waals surface area contributed by atoms with Crippen LogP contribution in [0.1, 0.15) is 23.3 Å². The highest BCUT2D eigenvalue weighted by Gasteiger charge is 2.33. The number of carbonyl (C=O) groups excluding carboxylic acids is 2. The van der Waals surface area contributed by atoms with E-state index in [2.05, 4.69) is 9.88 Å². The Morgan fingerprint density at radius 1 is 1.26 bits per heavy atom. The molecule has 0 aliphatic carbocycles. The van der Waals surface area contributed by atoms with Crippen molar-refractivity contribution < 1.29 is 14.3 Å². The van der Waals surface area contributed by atoms with Gasteiger partial charge < -0.3 is 15.4 Å². The highest BCUT2D eigenvalue weighted by molar-refractivity contribution is 7.07. The predicted molar refractivity (Wildman–Crippen MR) is 86.1 cm³/mol. The Bertz CT molecular complexity index is 545. The highest BCUT2D eigenvalue weighted by atomic mass is 32.1. The monoisotopic (exact) mass is 338 g/mol. The van der Waals surface area contributed by atoms with E-state index >= 15 is 0 Å². The molecule has 23 heavy (non-hydrogen) atoms. The molecule has 2 aliphatic rings. The Hall–Kier alpha value is -1.51. The van der Waals surface area contributed by atoms with Gasteiger partial charge in [-0.15, -0.1) is 11.3 Å². The maximum atomic E-state index is 12.5. The van der Waals surface area contributed by atoms with Crippen LogP contribution in [0.4, 0.5) is 0 Å². The molecule has 3 heterocycles. The number of rotatable bonds is 3. The number of nitrogens with two attached hydrogens (primary N) is 1. The van der Waals surface area contributed by atoms with Crippen LogP contribution in [0.15, 0.2) is 10.9 Å². The van der Waals surface area contributed by atoms with E-state index in [4.69, 9.17) is 10.5 Å². The molecule has 0 radical (unpaired) electrons. The number of amides is 2. The van der Waals surface area contributed by atoms with Crippen molar-refractivity contribution in [3.63, 3.8) is 0 Å². The van der Waals surface area contributed by atoms with E-state index < -0.39 is 0 Å². The molecule has 1 aromatic heterocycles. The quantitative estimate of drug-likeness (QED) is 0.849. The molecule has 7 nitrogen and oxygen atoms in total. The highest BCUT2D eigenvalue weighted by Crippen LogP contribution is 2.20. The van der Waals surface area contributed by atoms with E-state index in [-0.39, 0.29) is 17.7 Å². The van der Waals surface area contributed by atoms with Gasteiger partial charge in [0, 0.05) is 50.8 Å². The Balaban J connectivity index is 1.72. The first kappa shape index (κ1) is 16.4. The number of hydrogen-bond donors (Lipinski definition) is 1. The molecular weight excluding hydrogens is 316 g/mol. The molecule has 2 N–H and O–H groups in total. The summed E-state index contributed by atoms with van der Waals surface area (Å²) >= 11 is 1.39. The first-order valence-corrected chi connectivity index (χ1v) is 8.88. The number of carbonyl (C=O) groups is 2. The van der Waals surface area contributed by atoms with Gasteiger partial charge in [0.1, 0.15) is 5.69 Å². The third-order valence-corrected chi connectivity index (χ3v) is 5.19. The lowest BCUT2D eigenvalue weighted by Gasteiger charge is -2.34. The molecule has 2 saturated heterocycles. The molecule has 0 saturated carbocycles. The summed E-state index contributed by atoms with van der Waals surface area (Å²) in [5, 5.41) is 1.74.